The molecule has 4 aromatic rings. The van der Waals surface area contributed by atoms with Gasteiger partial charge >= 0.3 is 0 Å². The maximum Gasteiger partial charge on any atom is 0.224 e. The summed E-state index contributed by atoms with van der Waals surface area (Å²) in [4.78, 5) is 39.8. The molecule has 0 saturated carbocycles. The number of piperidine rings is 1. The van der Waals surface area contributed by atoms with Crippen LogP contribution in [0.4, 0.5) is 0 Å². The van der Waals surface area contributed by atoms with E-state index in [1.54, 1.807) is 34.4 Å². The molecule has 2 aromatic carbocycles. The van der Waals surface area contributed by atoms with Gasteiger partial charge in [0.05, 0.1) is 48.7 Å². The van der Waals surface area contributed by atoms with E-state index in [0.29, 0.717) is 52.9 Å². The number of amides is 2. The van der Waals surface area contributed by atoms with Crippen LogP contribution in [0.5, 0.6) is 11.6 Å². The first-order chi connectivity index (χ1) is 26.6. The number of nitrogens with one attached hydrogen (secondary N) is 1. The fourth-order valence-corrected chi connectivity index (χ4v) is 8.77. The number of pyridine rings is 2. The van der Waals surface area contributed by atoms with E-state index in [-0.39, 0.29) is 17.2 Å². The van der Waals surface area contributed by atoms with E-state index in [1.807, 2.05) is 58.3 Å². The van der Waals surface area contributed by atoms with Crippen molar-refractivity contribution in [1.29, 1.82) is 0 Å². The van der Waals surface area contributed by atoms with Crippen molar-refractivity contribution >= 4 is 35.0 Å². The molecule has 5 heterocycles. The zero-order chi connectivity index (χ0) is 38.7. The molecule has 0 atom stereocenters. The van der Waals surface area contributed by atoms with E-state index in [2.05, 4.69) is 21.3 Å². The Hall–Kier alpha value is -4.26. The second-order valence-electron chi connectivity index (χ2n) is 14.9. The van der Waals surface area contributed by atoms with Crippen LogP contribution < -0.4 is 14.8 Å². The van der Waals surface area contributed by atoms with Crippen LogP contribution >= 0.6 is 23.2 Å². The van der Waals surface area contributed by atoms with Gasteiger partial charge in [0.1, 0.15) is 5.75 Å². The number of likely N-dealkylation sites (tertiary alicyclic amines) is 3. The van der Waals surface area contributed by atoms with E-state index < -0.39 is 0 Å². The lowest BCUT2D eigenvalue weighted by Crippen LogP contribution is -2.72. The molecule has 0 bridgehead atoms. The third-order valence-corrected chi connectivity index (χ3v) is 11.9. The molecule has 290 valence electrons. The number of benzene rings is 2. The Balaban J connectivity index is 1.03. The molecule has 1 N–H and O–H groups in total. The molecule has 11 nitrogen and oxygen atoms in total. The Morgan fingerprint density at radius 3 is 2.31 bits per heavy atom. The van der Waals surface area contributed by atoms with Crippen molar-refractivity contribution in [3.63, 3.8) is 0 Å². The molecular weight excluding hydrogens is 739 g/mol. The largest absolute Gasteiger partial charge is 0.496 e. The van der Waals surface area contributed by atoms with Crippen LogP contribution in [-0.2, 0) is 27.4 Å². The Labute approximate surface area is 332 Å². The molecule has 2 aromatic heterocycles. The number of hydrogen-bond acceptors (Lipinski definition) is 9. The number of carbonyl (C=O) groups is 2. The zero-order valence-electron chi connectivity index (χ0n) is 31.9. The SMILES string of the molecule is COCCC(=O)N1CCC(NCc2ccc(-c3cccc(-c4ccnc(-c5ccc(CN6CC7(C6)CN(C(C)=O)C7)c(OC)c5)c4Cl)c3Cl)nc2OC)CC1. The van der Waals surface area contributed by atoms with Crippen molar-refractivity contribution in [1.82, 2.24) is 30.0 Å². The minimum atomic E-state index is 0.146. The van der Waals surface area contributed by atoms with Crippen molar-refractivity contribution in [2.24, 2.45) is 5.41 Å². The summed E-state index contributed by atoms with van der Waals surface area (Å²) in [5, 5.41) is 4.63. The topological polar surface area (TPSA) is 109 Å². The van der Waals surface area contributed by atoms with Gasteiger partial charge in [0.15, 0.2) is 0 Å². The average Bonchev–Trinajstić information content (AvgIpc) is 3.17. The molecule has 0 radical (unpaired) electrons. The highest BCUT2D eigenvalue weighted by Crippen LogP contribution is 2.44. The Morgan fingerprint density at radius 2 is 1.60 bits per heavy atom. The highest BCUT2D eigenvalue weighted by molar-refractivity contribution is 6.39. The average molecular weight is 788 g/mol. The van der Waals surface area contributed by atoms with E-state index >= 15 is 0 Å². The monoisotopic (exact) mass is 786 g/mol. The third-order valence-electron chi connectivity index (χ3n) is 11.1. The van der Waals surface area contributed by atoms with Gasteiger partial charge in [-0.2, -0.15) is 0 Å². The Kier molecular flexibility index (Phi) is 11.9. The van der Waals surface area contributed by atoms with Crippen molar-refractivity contribution in [3.05, 3.63) is 82.0 Å². The van der Waals surface area contributed by atoms with Gasteiger partial charge in [0.25, 0.3) is 0 Å². The first-order valence-electron chi connectivity index (χ1n) is 18.7. The lowest BCUT2D eigenvalue weighted by atomic mass is 9.72. The molecular formula is C42H48Cl2N6O5. The van der Waals surface area contributed by atoms with Gasteiger partial charge in [0.2, 0.25) is 17.7 Å². The summed E-state index contributed by atoms with van der Waals surface area (Å²) in [7, 11) is 4.92. The van der Waals surface area contributed by atoms with Crippen molar-refractivity contribution in [3.8, 4) is 45.3 Å². The predicted molar refractivity (Wildman–Crippen MR) is 214 cm³/mol. The number of carbonyl (C=O) groups excluding carboxylic acids is 2. The van der Waals surface area contributed by atoms with Gasteiger partial charge in [-0.1, -0.05) is 59.6 Å². The molecule has 55 heavy (non-hydrogen) atoms. The number of nitrogens with zero attached hydrogens (tertiary/aromatic N) is 5. The summed E-state index contributed by atoms with van der Waals surface area (Å²) in [6.07, 6.45) is 3.93. The second-order valence-corrected chi connectivity index (χ2v) is 15.6. The van der Waals surface area contributed by atoms with E-state index in [0.717, 1.165) is 97.8 Å². The van der Waals surface area contributed by atoms with Crippen LogP contribution in [0.2, 0.25) is 10.0 Å². The lowest BCUT2D eigenvalue weighted by Gasteiger charge is -2.60. The number of methoxy groups -OCH3 is 3. The van der Waals surface area contributed by atoms with Crippen molar-refractivity contribution in [2.45, 2.75) is 45.3 Å². The summed E-state index contributed by atoms with van der Waals surface area (Å²) in [6, 6.07) is 18.1. The minimum Gasteiger partial charge on any atom is -0.496 e. The molecule has 2 amide bonds. The maximum atomic E-state index is 12.4. The molecule has 3 aliphatic heterocycles. The normalized spacial score (nSPS) is 16.8. The maximum absolute atomic E-state index is 12.4. The summed E-state index contributed by atoms with van der Waals surface area (Å²) in [5.74, 6) is 1.59. The molecule has 3 fully saturated rings. The second kappa shape index (κ2) is 16.9. The number of rotatable bonds is 13. The van der Waals surface area contributed by atoms with Gasteiger partial charge in [0, 0.05) is 117 Å². The number of halogens is 2. The molecule has 0 aliphatic carbocycles. The van der Waals surface area contributed by atoms with Crippen LogP contribution in [0.1, 0.15) is 37.3 Å². The highest BCUT2D eigenvalue weighted by Gasteiger charge is 2.52. The minimum absolute atomic E-state index is 0.146. The van der Waals surface area contributed by atoms with Gasteiger partial charge in [-0.15, -0.1) is 0 Å². The predicted octanol–water partition coefficient (Wildman–Crippen LogP) is 6.58. The van der Waals surface area contributed by atoms with Crippen LogP contribution in [-0.4, -0.2) is 110 Å². The van der Waals surface area contributed by atoms with Crippen molar-refractivity contribution < 1.29 is 23.8 Å². The Bertz CT molecular complexity index is 2040. The number of hydrogen-bond donors (Lipinski definition) is 1. The van der Waals surface area contributed by atoms with E-state index in [1.165, 1.54) is 0 Å². The number of aromatic nitrogens is 2. The van der Waals surface area contributed by atoms with Gasteiger partial charge in [-0.25, -0.2) is 4.98 Å². The fourth-order valence-electron chi connectivity index (χ4n) is 8.12. The summed E-state index contributed by atoms with van der Waals surface area (Å²) >= 11 is 14.3. The molecule has 7 rings (SSSR count). The Morgan fingerprint density at radius 1 is 0.873 bits per heavy atom. The van der Waals surface area contributed by atoms with Gasteiger partial charge < -0.3 is 29.3 Å². The summed E-state index contributed by atoms with van der Waals surface area (Å²) in [6.45, 7) is 8.55. The smallest absolute Gasteiger partial charge is 0.224 e. The van der Waals surface area contributed by atoms with E-state index in [9.17, 15) is 9.59 Å². The van der Waals surface area contributed by atoms with Crippen LogP contribution in [0, 0.1) is 5.41 Å². The first-order valence-corrected chi connectivity index (χ1v) is 19.5. The molecule has 3 aliphatic rings. The summed E-state index contributed by atoms with van der Waals surface area (Å²) in [5.41, 5.74) is 6.70. The standard InChI is InChI=1S/C42H48Cl2N6O5/c1-27(51)50-25-42(26-50)23-48(24-42)22-30-9-8-28(20-36(30)54-3)40-39(44)33(12-16-45-40)32-6-5-7-34(38(32)43)35-11-10-29(41(47-35)55-4)21-46-31-13-17-49(18-14-31)37(52)15-19-53-2/h5-12,16,20,31,46H,13-15,17-19,21-26H2,1-4H3. The number of ether oxygens (including phenoxy) is 3. The van der Waals surface area contributed by atoms with Crippen LogP contribution in [0.15, 0.2) is 60.8 Å². The van der Waals surface area contributed by atoms with Crippen LogP contribution in [0.25, 0.3) is 33.6 Å². The fraction of sp³-hybridized carbons (Fsp3) is 0.429. The molecule has 1 spiro atoms. The van der Waals surface area contributed by atoms with E-state index in [4.69, 9.17) is 42.4 Å². The van der Waals surface area contributed by atoms with Crippen molar-refractivity contribution in [2.75, 3.05) is 67.2 Å². The highest BCUT2D eigenvalue weighted by atomic mass is 35.5. The molecule has 13 heteroatoms. The molecule has 0 unspecified atom stereocenters. The van der Waals surface area contributed by atoms with Crippen LogP contribution in [0.3, 0.4) is 0 Å². The van der Waals surface area contributed by atoms with Gasteiger partial charge in [-0.3, -0.25) is 19.5 Å². The molecule has 3 saturated heterocycles. The lowest BCUT2D eigenvalue weighted by molar-refractivity contribution is -0.157. The summed E-state index contributed by atoms with van der Waals surface area (Å²) < 4.78 is 16.6. The first kappa shape index (κ1) is 39.0. The quantitative estimate of drug-likeness (QED) is 0.161. The third kappa shape index (κ3) is 8.32. The zero-order valence-corrected chi connectivity index (χ0v) is 33.4. The van der Waals surface area contributed by atoms with Gasteiger partial charge in [-0.05, 0) is 31.0 Å².